The predicted octanol–water partition coefficient (Wildman–Crippen LogP) is 1.71. The van der Waals surface area contributed by atoms with Crippen molar-refractivity contribution >= 4 is 0 Å². The topological polar surface area (TPSA) is 35.5 Å². The van der Waals surface area contributed by atoms with Gasteiger partial charge in [-0.1, -0.05) is 34.6 Å². The van der Waals surface area contributed by atoms with Crippen LogP contribution in [0, 0.1) is 5.41 Å². The van der Waals surface area contributed by atoms with Gasteiger partial charge in [-0.05, 0) is 24.9 Å². The number of rotatable bonds is 8. The maximum Gasteiger partial charge on any atom is 0.0584 e. The summed E-state index contributed by atoms with van der Waals surface area (Å²) >= 11 is 0. The second-order valence-corrected chi connectivity index (χ2v) is 5.63. The monoisotopic (exact) mass is 230 g/mol. The molecular formula is C13H30N2O. The van der Waals surface area contributed by atoms with Crippen molar-refractivity contribution < 1.29 is 5.11 Å². The van der Waals surface area contributed by atoms with Gasteiger partial charge in [0, 0.05) is 19.1 Å². The van der Waals surface area contributed by atoms with E-state index in [2.05, 4.69) is 44.8 Å². The maximum atomic E-state index is 9.29. The van der Waals surface area contributed by atoms with E-state index in [4.69, 9.17) is 0 Å². The summed E-state index contributed by atoms with van der Waals surface area (Å²) < 4.78 is 0. The molecular weight excluding hydrogens is 200 g/mol. The summed E-state index contributed by atoms with van der Waals surface area (Å²) in [4.78, 5) is 2.39. The summed E-state index contributed by atoms with van der Waals surface area (Å²) in [5, 5.41) is 12.7. The third kappa shape index (κ3) is 8.08. The molecule has 0 saturated heterocycles. The van der Waals surface area contributed by atoms with Crippen molar-refractivity contribution in [2.45, 2.75) is 47.1 Å². The van der Waals surface area contributed by atoms with Gasteiger partial charge in [-0.25, -0.2) is 0 Å². The molecule has 2 N–H and O–H groups in total. The molecule has 98 valence electrons. The van der Waals surface area contributed by atoms with Gasteiger partial charge in [-0.2, -0.15) is 0 Å². The molecule has 0 spiro atoms. The third-order valence-corrected chi connectivity index (χ3v) is 2.83. The zero-order valence-electron chi connectivity index (χ0n) is 11.7. The molecule has 1 unspecified atom stereocenters. The van der Waals surface area contributed by atoms with Gasteiger partial charge in [-0.3, -0.25) is 0 Å². The summed E-state index contributed by atoms with van der Waals surface area (Å²) in [6.07, 6.45) is 1.02. The minimum absolute atomic E-state index is 0.232. The van der Waals surface area contributed by atoms with Gasteiger partial charge < -0.3 is 15.3 Å². The molecule has 0 aliphatic heterocycles. The number of hydrogen-bond acceptors (Lipinski definition) is 3. The molecule has 0 aliphatic rings. The molecule has 3 heteroatoms. The number of aliphatic hydroxyl groups is 1. The van der Waals surface area contributed by atoms with Crippen LogP contribution in [0.15, 0.2) is 0 Å². The minimum Gasteiger partial charge on any atom is -0.395 e. The standard InChI is InChI=1S/C13H30N2O/c1-6-15(7-2)9-8-14-12(11-16)10-13(3,4)5/h12,14,16H,6-11H2,1-5H3. The van der Waals surface area contributed by atoms with E-state index in [1.807, 2.05) is 0 Å². The fourth-order valence-corrected chi connectivity index (χ4v) is 1.91. The lowest BCUT2D eigenvalue weighted by atomic mass is 9.88. The van der Waals surface area contributed by atoms with Gasteiger partial charge in [0.2, 0.25) is 0 Å². The number of aliphatic hydroxyl groups excluding tert-OH is 1. The Bertz CT molecular complexity index is 162. The van der Waals surface area contributed by atoms with E-state index in [0.29, 0.717) is 0 Å². The maximum absolute atomic E-state index is 9.29. The molecule has 0 rings (SSSR count). The highest BCUT2D eigenvalue weighted by molar-refractivity contribution is 4.74. The third-order valence-electron chi connectivity index (χ3n) is 2.83. The van der Waals surface area contributed by atoms with Crippen LogP contribution < -0.4 is 5.32 Å². The van der Waals surface area contributed by atoms with Gasteiger partial charge in [0.15, 0.2) is 0 Å². The summed E-state index contributed by atoms with van der Waals surface area (Å²) in [5.41, 5.74) is 0.273. The van der Waals surface area contributed by atoms with Crippen LogP contribution in [0.4, 0.5) is 0 Å². The first kappa shape index (κ1) is 15.9. The van der Waals surface area contributed by atoms with Gasteiger partial charge in [0.1, 0.15) is 0 Å². The number of hydrogen-bond donors (Lipinski definition) is 2. The van der Waals surface area contributed by atoms with Gasteiger partial charge in [0.25, 0.3) is 0 Å². The van der Waals surface area contributed by atoms with Crippen LogP contribution in [-0.2, 0) is 0 Å². The highest BCUT2D eigenvalue weighted by Crippen LogP contribution is 2.20. The van der Waals surface area contributed by atoms with E-state index < -0.39 is 0 Å². The first-order chi connectivity index (χ1) is 7.42. The Morgan fingerprint density at radius 1 is 1.19 bits per heavy atom. The SMILES string of the molecule is CCN(CC)CCNC(CO)CC(C)(C)C. The zero-order valence-corrected chi connectivity index (χ0v) is 11.7. The van der Waals surface area contributed by atoms with Crippen LogP contribution in [0.2, 0.25) is 0 Å². The van der Waals surface area contributed by atoms with Crippen molar-refractivity contribution in [1.29, 1.82) is 0 Å². The molecule has 0 fully saturated rings. The average Bonchev–Trinajstić information content (AvgIpc) is 2.21. The fourth-order valence-electron chi connectivity index (χ4n) is 1.91. The smallest absolute Gasteiger partial charge is 0.0584 e. The zero-order chi connectivity index (χ0) is 12.6. The Labute approximate surface area is 101 Å². The minimum atomic E-state index is 0.232. The van der Waals surface area contributed by atoms with Crippen molar-refractivity contribution in [1.82, 2.24) is 10.2 Å². The van der Waals surface area contributed by atoms with Crippen molar-refractivity contribution in [3.05, 3.63) is 0 Å². The largest absolute Gasteiger partial charge is 0.395 e. The van der Waals surface area contributed by atoms with Crippen LogP contribution in [0.1, 0.15) is 41.0 Å². The Balaban J connectivity index is 3.79. The molecule has 0 saturated carbocycles. The van der Waals surface area contributed by atoms with E-state index >= 15 is 0 Å². The molecule has 0 amide bonds. The molecule has 16 heavy (non-hydrogen) atoms. The first-order valence-electron chi connectivity index (χ1n) is 6.49. The second kappa shape index (κ2) is 8.04. The first-order valence-corrected chi connectivity index (χ1v) is 6.49. The highest BCUT2D eigenvalue weighted by Gasteiger charge is 2.17. The Kier molecular flexibility index (Phi) is 7.98. The summed E-state index contributed by atoms with van der Waals surface area (Å²) in [7, 11) is 0. The molecule has 0 aromatic carbocycles. The van der Waals surface area contributed by atoms with Crippen molar-refractivity contribution in [2.75, 3.05) is 32.8 Å². The average molecular weight is 230 g/mol. The molecule has 3 nitrogen and oxygen atoms in total. The summed E-state index contributed by atoms with van der Waals surface area (Å²) in [5.74, 6) is 0. The van der Waals surface area contributed by atoms with Crippen molar-refractivity contribution in [2.24, 2.45) is 5.41 Å². The molecule has 0 bridgehead atoms. The second-order valence-electron chi connectivity index (χ2n) is 5.63. The van der Waals surface area contributed by atoms with E-state index in [1.54, 1.807) is 0 Å². The summed E-state index contributed by atoms with van der Waals surface area (Å²) in [6.45, 7) is 15.4. The predicted molar refractivity (Wildman–Crippen MR) is 70.7 cm³/mol. The normalized spacial score (nSPS) is 14.4. The van der Waals surface area contributed by atoms with Crippen LogP contribution in [0.5, 0.6) is 0 Å². The number of nitrogens with one attached hydrogen (secondary N) is 1. The van der Waals surface area contributed by atoms with Crippen molar-refractivity contribution in [3.63, 3.8) is 0 Å². The lowest BCUT2D eigenvalue weighted by molar-refractivity contribution is 0.192. The van der Waals surface area contributed by atoms with E-state index in [9.17, 15) is 5.11 Å². The van der Waals surface area contributed by atoms with Crippen LogP contribution in [-0.4, -0.2) is 48.8 Å². The highest BCUT2D eigenvalue weighted by atomic mass is 16.3. The van der Waals surface area contributed by atoms with E-state index in [-0.39, 0.29) is 18.1 Å². The Morgan fingerprint density at radius 2 is 1.75 bits per heavy atom. The lowest BCUT2D eigenvalue weighted by Crippen LogP contribution is -2.40. The van der Waals surface area contributed by atoms with Crippen LogP contribution >= 0.6 is 0 Å². The lowest BCUT2D eigenvalue weighted by Gasteiger charge is -2.26. The van der Waals surface area contributed by atoms with E-state index in [0.717, 1.165) is 32.6 Å². The van der Waals surface area contributed by atoms with Crippen molar-refractivity contribution in [3.8, 4) is 0 Å². The number of likely N-dealkylation sites (N-methyl/N-ethyl adjacent to an activating group) is 1. The molecule has 0 aromatic rings. The Hall–Kier alpha value is -0.120. The Morgan fingerprint density at radius 3 is 2.12 bits per heavy atom. The molecule has 1 atom stereocenters. The van der Waals surface area contributed by atoms with E-state index in [1.165, 1.54) is 0 Å². The molecule has 0 aliphatic carbocycles. The van der Waals surface area contributed by atoms with Gasteiger partial charge >= 0.3 is 0 Å². The molecule has 0 aromatic heterocycles. The summed E-state index contributed by atoms with van der Waals surface area (Å²) in [6, 6.07) is 0.232. The van der Waals surface area contributed by atoms with Gasteiger partial charge in [0.05, 0.1) is 6.61 Å². The van der Waals surface area contributed by atoms with Crippen LogP contribution in [0.25, 0.3) is 0 Å². The fraction of sp³-hybridized carbons (Fsp3) is 1.00. The molecule has 0 radical (unpaired) electrons. The quantitative estimate of drug-likeness (QED) is 0.666. The molecule has 0 heterocycles. The van der Waals surface area contributed by atoms with Gasteiger partial charge in [-0.15, -0.1) is 0 Å². The number of nitrogens with zero attached hydrogens (tertiary/aromatic N) is 1. The van der Waals surface area contributed by atoms with Crippen LogP contribution in [0.3, 0.4) is 0 Å².